The maximum absolute atomic E-state index is 13.1. The largest absolute Gasteiger partial charge is 0.534 e. The van der Waals surface area contributed by atoms with Crippen molar-refractivity contribution in [1.29, 1.82) is 0 Å². The summed E-state index contributed by atoms with van der Waals surface area (Å²) in [5, 5.41) is 22.8. The molecule has 0 radical (unpaired) electrons. The van der Waals surface area contributed by atoms with Gasteiger partial charge in [-0.2, -0.15) is 0 Å². The first kappa shape index (κ1) is 40.5. The minimum atomic E-state index is -2.73. The normalized spacial score (nSPS) is 14.2. The smallest absolute Gasteiger partial charge is 0.319 e. The summed E-state index contributed by atoms with van der Waals surface area (Å²) < 4.78 is 26.2. The number of nitrogens with one attached hydrogen (secondary N) is 3. The van der Waals surface area contributed by atoms with E-state index in [9.17, 15) is 14.3 Å². The Hall–Kier alpha value is -5.16. The first-order chi connectivity index (χ1) is 27.1. The second kappa shape index (κ2) is 19.1. The quantitative estimate of drug-likeness (QED) is 0.0631. The van der Waals surface area contributed by atoms with Crippen molar-refractivity contribution in [3.05, 3.63) is 150 Å². The molecule has 2 amide bonds. The van der Waals surface area contributed by atoms with E-state index >= 15 is 0 Å². The van der Waals surface area contributed by atoms with E-state index in [-0.39, 0.29) is 23.5 Å². The van der Waals surface area contributed by atoms with Gasteiger partial charge < -0.3 is 35.1 Å². The zero-order valence-corrected chi connectivity index (χ0v) is 33.7. The van der Waals surface area contributed by atoms with Crippen molar-refractivity contribution in [2.75, 3.05) is 38.1 Å². The third-order valence-corrected chi connectivity index (χ3v) is 15.3. The maximum atomic E-state index is 13.1. The molecule has 0 bridgehead atoms. The van der Waals surface area contributed by atoms with E-state index in [0.717, 1.165) is 42.8 Å². The number of benzene rings is 5. The van der Waals surface area contributed by atoms with Gasteiger partial charge in [-0.1, -0.05) is 106 Å². The van der Waals surface area contributed by atoms with Gasteiger partial charge in [-0.05, 0) is 101 Å². The first-order valence-electron chi connectivity index (χ1n) is 19.6. The summed E-state index contributed by atoms with van der Waals surface area (Å²) in [6.07, 6.45) is 1.92. The Morgan fingerprint density at radius 3 is 1.96 bits per heavy atom. The highest BCUT2D eigenvalue weighted by molar-refractivity contribution is 7.00. The molecule has 1 aliphatic heterocycles. The Morgan fingerprint density at radius 2 is 1.38 bits per heavy atom. The number of nitrogens with zero attached hydrogens (tertiary/aromatic N) is 1. The maximum Gasteiger partial charge on any atom is 0.319 e. The number of carbonyl (C=O) groups is 1. The monoisotopic (exact) mass is 774 g/mol. The van der Waals surface area contributed by atoms with Crippen LogP contribution in [0.3, 0.4) is 0 Å². The molecule has 0 aromatic heterocycles. The first-order valence-corrected chi connectivity index (χ1v) is 21.5. The fourth-order valence-corrected chi connectivity index (χ4v) is 11.7. The van der Waals surface area contributed by atoms with Gasteiger partial charge in [-0.25, -0.2) is 9.18 Å². The summed E-state index contributed by atoms with van der Waals surface area (Å²) in [5.41, 5.74) is 3.15. The second-order valence-corrected chi connectivity index (χ2v) is 19.8. The van der Waals surface area contributed by atoms with Crippen molar-refractivity contribution < 1.29 is 23.5 Å². The summed E-state index contributed by atoms with van der Waals surface area (Å²) >= 11 is 0. The van der Waals surface area contributed by atoms with Gasteiger partial charge in [0.15, 0.2) is 0 Å². The van der Waals surface area contributed by atoms with Crippen molar-refractivity contribution in [3.8, 4) is 11.5 Å². The molecule has 1 aliphatic rings. The number of halogens is 1. The van der Waals surface area contributed by atoms with Crippen LogP contribution in [0.5, 0.6) is 11.5 Å². The molecule has 8 nitrogen and oxygen atoms in total. The number of rotatable bonds is 16. The van der Waals surface area contributed by atoms with Crippen molar-refractivity contribution >= 4 is 30.4 Å². The topological polar surface area (TPSA) is 95.1 Å². The van der Waals surface area contributed by atoms with E-state index in [1.807, 2.05) is 41.3 Å². The van der Waals surface area contributed by atoms with Crippen LogP contribution < -0.4 is 35.5 Å². The van der Waals surface area contributed by atoms with E-state index in [1.165, 1.54) is 28.1 Å². The lowest BCUT2D eigenvalue weighted by atomic mass is 10.0. The van der Waals surface area contributed by atoms with Gasteiger partial charge in [-0.3, -0.25) is 0 Å². The zero-order valence-electron chi connectivity index (χ0n) is 32.7. The lowest BCUT2D eigenvalue weighted by Crippen LogP contribution is -2.68. The lowest BCUT2D eigenvalue weighted by molar-refractivity contribution is 0.106. The van der Waals surface area contributed by atoms with Gasteiger partial charge in [0.1, 0.15) is 30.0 Å². The Morgan fingerprint density at radius 1 is 0.804 bits per heavy atom. The van der Waals surface area contributed by atoms with E-state index in [1.54, 1.807) is 12.1 Å². The fourth-order valence-electron chi connectivity index (χ4n) is 7.30. The average molecular weight is 775 g/mol. The molecule has 1 heterocycles. The van der Waals surface area contributed by atoms with Gasteiger partial charge in [0.25, 0.3) is 0 Å². The lowest BCUT2D eigenvalue weighted by Gasteiger charge is -2.43. The summed E-state index contributed by atoms with van der Waals surface area (Å²) in [6, 6.07) is 43.8. The SMILES string of the molecule is CC(C)(C)[Si](Oc1ccc(OC[C@@H](O)CNCCc2ccc(NC3CCN(C(=O)NCc4ccc(F)cc4)CC3)cc2)cc1)(c1ccccc1)c1ccccc1. The van der Waals surface area contributed by atoms with Crippen LogP contribution in [-0.2, 0) is 13.0 Å². The number of urea groups is 1. The van der Waals surface area contributed by atoms with Crippen LogP contribution >= 0.6 is 0 Å². The molecule has 1 fully saturated rings. The molecule has 4 N–H and O–H groups in total. The number of likely N-dealkylation sites (tertiary alicyclic amines) is 1. The molecule has 0 saturated carbocycles. The van der Waals surface area contributed by atoms with E-state index in [2.05, 4.69) is 110 Å². The zero-order chi connectivity index (χ0) is 39.4. The Labute approximate surface area is 332 Å². The molecule has 56 heavy (non-hydrogen) atoms. The van der Waals surface area contributed by atoms with Crippen molar-refractivity contribution in [2.24, 2.45) is 0 Å². The molecule has 1 atom stereocenters. The number of hydrogen-bond donors (Lipinski definition) is 4. The summed E-state index contributed by atoms with van der Waals surface area (Å²) in [7, 11) is -2.73. The average Bonchev–Trinajstić information content (AvgIpc) is 3.22. The molecular formula is C46H55FN4O4Si. The summed E-state index contributed by atoms with van der Waals surface area (Å²) in [4.78, 5) is 14.4. The number of amides is 2. The molecule has 0 unspecified atom stereocenters. The van der Waals surface area contributed by atoms with Crippen LogP contribution in [0.2, 0.25) is 5.04 Å². The Kier molecular flexibility index (Phi) is 13.8. The number of aliphatic hydroxyl groups excluding tert-OH is 1. The second-order valence-electron chi connectivity index (χ2n) is 15.5. The van der Waals surface area contributed by atoms with E-state index < -0.39 is 14.4 Å². The van der Waals surface area contributed by atoms with Crippen LogP contribution in [0.25, 0.3) is 0 Å². The number of hydrogen-bond acceptors (Lipinski definition) is 6. The van der Waals surface area contributed by atoms with Crippen LogP contribution in [0, 0.1) is 5.82 Å². The molecule has 5 aromatic rings. The van der Waals surface area contributed by atoms with Crippen molar-refractivity contribution in [2.45, 2.75) is 63.8 Å². The molecule has 294 valence electrons. The van der Waals surface area contributed by atoms with Gasteiger partial charge >= 0.3 is 14.3 Å². The molecule has 6 rings (SSSR count). The standard InChI is InChI=1S/C46H55FN4O4Si/c1-46(2,3)56(43-10-6-4-7-11-43,44-12-8-5-9-13-44)55-42-24-22-41(23-25-42)54-34-40(52)33-48-29-26-35-16-20-38(21-17-35)50-39-27-30-51(31-28-39)45(53)49-32-36-14-18-37(47)19-15-36/h4-25,39-40,48,50,52H,26-34H2,1-3H3,(H,49,53)/t40-/m0/s1. The highest BCUT2D eigenvalue weighted by atomic mass is 28.4. The number of aliphatic hydroxyl groups is 1. The predicted octanol–water partition coefficient (Wildman–Crippen LogP) is 7.12. The summed E-state index contributed by atoms with van der Waals surface area (Å²) in [6.45, 7) is 9.88. The summed E-state index contributed by atoms with van der Waals surface area (Å²) in [5.74, 6) is 1.19. The van der Waals surface area contributed by atoms with Crippen molar-refractivity contribution in [3.63, 3.8) is 0 Å². The minimum absolute atomic E-state index is 0.0886. The molecule has 0 spiro atoms. The molecule has 1 saturated heterocycles. The molecule has 0 aliphatic carbocycles. The van der Waals surface area contributed by atoms with Crippen LogP contribution in [-0.4, -0.2) is 69.3 Å². The molecule has 10 heteroatoms. The predicted molar refractivity (Wildman–Crippen MR) is 226 cm³/mol. The number of anilines is 1. The molecular weight excluding hydrogens is 720 g/mol. The van der Waals surface area contributed by atoms with Gasteiger partial charge in [0.05, 0.1) is 0 Å². The number of piperidine rings is 1. The van der Waals surface area contributed by atoms with Gasteiger partial charge in [-0.15, -0.1) is 0 Å². The minimum Gasteiger partial charge on any atom is -0.534 e. The van der Waals surface area contributed by atoms with Crippen LogP contribution in [0.4, 0.5) is 14.9 Å². The number of carbonyl (C=O) groups excluding carboxylic acids is 1. The highest BCUT2D eigenvalue weighted by Gasteiger charge is 2.52. The third-order valence-electron chi connectivity index (χ3n) is 10.4. The highest BCUT2D eigenvalue weighted by Crippen LogP contribution is 2.38. The van der Waals surface area contributed by atoms with E-state index in [4.69, 9.17) is 9.16 Å². The van der Waals surface area contributed by atoms with E-state index in [0.29, 0.717) is 38.0 Å². The third kappa shape index (κ3) is 10.8. The van der Waals surface area contributed by atoms with Crippen molar-refractivity contribution in [1.82, 2.24) is 15.5 Å². The Balaban J connectivity index is 0.892. The molecule has 5 aromatic carbocycles. The van der Waals surface area contributed by atoms with Crippen LogP contribution in [0.15, 0.2) is 133 Å². The van der Waals surface area contributed by atoms with Gasteiger partial charge in [0, 0.05) is 37.9 Å². The van der Waals surface area contributed by atoms with Crippen LogP contribution in [0.1, 0.15) is 44.7 Å². The van der Waals surface area contributed by atoms with Gasteiger partial charge in [0.2, 0.25) is 0 Å². The number of ether oxygens (including phenoxy) is 1. The Bertz CT molecular complexity index is 1900. The fraction of sp³-hybridized carbons (Fsp3) is 0.326.